The van der Waals surface area contributed by atoms with Crippen LogP contribution in [-0.2, 0) is 0 Å². The maximum atomic E-state index is 10.2. The van der Waals surface area contributed by atoms with Crippen LogP contribution in [0, 0.1) is 0 Å². The first kappa shape index (κ1) is 17.1. The molecule has 0 aliphatic carbocycles. The molecule has 0 aromatic heterocycles. The molecule has 2 unspecified atom stereocenters. The summed E-state index contributed by atoms with van der Waals surface area (Å²) < 4.78 is 5.22. The number of ether oxygens (including phenoxy) is 1. The number of aliphatic hydroxyl groups excluding tert-OH is 1. The summed E-state index contributed by atoms with van der Waals surface area (Å²) >= 11 is 11.9. The van der Waals surface area contributed by atoms with Crippen LogP contribution in [0.5, 0.6) is 5.75 Å². The first-order chi connectivity index (χ1) is 10.5. The van der Waals surface area contributed by atoms with E-state index in [1.54, 1.807) is 25.3 Å². The molecule has 0 spiro atoms. The summed E-state index contributed by atoms with van der Waals surface area (Å²) in [4.78, 5) is 0. The Morgan fingerprint density at radius 2 is 1.86 bits per heavy atom. The minimum atomic E-state index is -0.650. The lowest BCUT2D eigenvalue weighted by atomic mass is 10.1. The van der Waals surface area contributed by atoms with E-state index in [4.69, 9.17) is 27.9 Å². The van der Waals surface area contributed by atoms with Gasteiger partial charge in [0, 0.05) is 12.6 Å². The van der Waals surface area contributed by atoms with Crippen molar-refractivity contribution >= 4 is 23.2 Å². The molecule has 0 heterocycles. The van der Waals surface area contributed by atoms with Gasteiger partial charge in [0.25, 0.3) is 0 Å². The highest BCUT2D eigenvalue weighted by molar-refractivity contribution is 6.42. The van der Waals surface area contributed by atoms with Crippen molar-refractivity contribution in [2.75, 3.05) is 13.7 Å². The molecule has 0 amide bonds. The van der Waals surface area contributed by atoms with Crippen molar-refractivity contribution in [2.45, 2.75) is 19.1 Å². The van der Waals surface area contributed by atoms with Gasteiger partial charge in [-0.15, -0.1) is 0 Å². The number of hydrogen-bond acceptors (Lipinski definition) is 3. The van der Waals surface area contributed by atoms with Gasteiger partial charge in [0.1, 0.15) is 5.75 Å². The molecule has 0 saturated carbocycles. The summed E-state index contributed by atoms with van der Waals surface area (Å²) in [5, 5.41) is 14.5. The normalized spacial score (nSPS) is 13.7. The molecule has 0 aliphatic rings. The maximum absolute atomic E-state index is 10.2. The third-order valence-electron chi connectivity index (χ3n) is 3.54. The van der Waals surface area contributed by atoms with Gasteiger partial charge in [0.15, 0.2) is 0 Å². The van der Waals surface area contributed by atoms with E-state index >= 15 is 0 Å². The lowest BCUT2D eigenvalue weighted by Crippen LogP contribution is -2.24. The zero-order chi connectivity index (χ0) is 16.1. The van der Waals surface area contributed by atoms with Crippen LogP contribution in [0.1, 0.15) is 30.2 Å². The molecule has 2 atom stereocenters. The topological polar surface area (TPSA) is 41.5 Å². The molecule has 2 N–H and O–H groups in total. The quantitative estimate of drug-likeness (QED) is 0.820. The van der Waals surface area contributed by atoms with E-state index in [0.29, 0.717) is 16.6 Å². The third kappa shape index (κ3) is 4.37. The Kier molecular flexibility index (Phi) is 6.09. The molecule has 118 valence electrons. The molecule has 3 nitrogen and oxygen atoms in total. The molecular weight excluding hydrogens is 321 g/mol. The molecule has 5 heteroatoms. The Labute approximate surface area is 140 Å². The summed E-state index contributed by atoms with van der Waals surface area (Å²) in [5.74, 6) is 0.816. The van der Waals surface area contributed by atoms with Crippen molar-refractivity contribution in [3.8, 4) is 5.75 Å². The first-order valence-electron chi connectivity index (χ1n) is 7.01. The molecule has 0 fully saturated rings. The largest absolute Gasteiger partial charge is 0.497 e. The highest BCUT2D eigenvalue weighted by Gasteiger charge is 2.12. The van der Waals surface area contributed by atoms with Crippen LogP contribution < -0.4 is 10.1 Å². The molecule has 0 saturated heterocycles. The van der Waals surface area contributed by atoms with Crippen molar-refractivity contribution in [1.82, 2.24) is 5.32 Å². The molecule has 22 heavy (non-hydrogen) atoms. The van der Waals surface area contributed by atoms with Gasteiger partial charge < -0.3 is 15.2 Å². The highest BCUT2D eigenvalue weighted by atomic mass is 35.5. The SMILES string of the molecule is COc1cccc(C(C)NCC(O)c2ccc(Cl)c(Cl)c2)c1. The number of rotatable bonds is 6. The average Bonchev–Trinajstić information content (AvgIpc) is 2.54. The molecule has 0 bridgehead atoms. The standard InChI is InChI=1S/C17H19Cl2NO2/c1-11(12-4-3-5-14(8-12)22-2)20-10-17(21)13-6-7-15(18)16(19)9-13/h3-9,11,17,20-21H,10H2,1-2H3. The van der Waals surface area contributed by atoms with Gasteiger partial charge in [-0.25, -0.2) is 0 Å². The van der Waals surface area contributed by atoms with Crippen LogP contribution >= 0.6 is 23.2 Å². The summed E-state index contributed by atoms with van der Waals surface area (Å²) in [7, 11) is 1.64. The highest BCUT2D eigenvalue weighted by Crippen LogP contribution is 2.26. The summed E-state index contributed by atoms with van der Waals surface area (Å²) in [5.41, 5.74) is 1.83. The predicted molar refractivity (Wildman–Crippen MR) is 90.8 cm³/mol. The predicted octanol–water partition coefficient (Wildman–Crippen LogP) is 4.39. The van der Waals surface area contributed by atoms with E-state index in [-0.39, 0.29) is 6.04 Å². The van der Waals surface area contributed by atoms with Gasteiger partial charge >= 0.3 is 0 Å². The Hall–Kier alpha value is -1.26. The number of nitrogens with one attached hydrogen (secondary N) is 1. The number of hydrogen-bond donors (Lipinski definition) is 2. The van der Waals surface area contributed by atoms with Crippen LogP contribution in [0.15, 0.2) is 42.5 Å². The van der Waals surface area contributed by atoms with E-state index in [1.165, 1.54) is 0 Å². The minimum absolute atomic E-state index is 0.0903. The van der Waals surface area contributed by atoms with Crippen molar-refractivity contribution < 1.29 is 9.84 Å². The molecule has 0 radical (unpaired) electrons. The molecule has 2 rings (SSSR count). The van der Waals surface area contributed by atoms with Crippen molar-refractivity contribution in [3.05, 3.63) is 63.6 Å². The monoisotopic (exact) mass is 339 g/mol. The van der Waals surface area contributed by atoms with E-state index in [9.17, 15) is 5.11 Å². The number of benzene rings is 2. The van der Waals surface area contributed by atoms with Crippen LogP contribution in [0.2, 0.25) is 10.0 Å². The van der Waals surface area contributed by atoms with E-state index in [1.807, 2.05) is 31.2 Å². The lowest BCUT2D eigenvalue weighted by molar-refractivity contribution is 0.171. The molecular formula is C17H19Cl2NO2. The Bertz CT molecular complexity index is 634. The van der Waals surface area contributed by atoms with Gasteiger partial charge in [-0.2, -0.15) is 0 Å². The van der Waals surface area contributed by atoms with Crippen LogP contribution in [0.25, 0.3) is 0 Å². The maximum Gasteiger partial charge on any atom is 0.119 e. The minimum Gasteiger partial charge on any atom is -0.497 e. The zero-order valence-corrected chi connectivity index (χ0v) is 14.0. The Balaban J connectivity index is 1.97. The van der Waals surface area contributed by atoms with E-state index in [2.05, 4.69) is 5.32 Å². The average molecular weight is 340 g/mol. The molecule has 0 aliphatic heterocycles. The Morgan fingerprint density at radius 1 is 1.09 bits per heavy atom. The van der Waals surface area contributed by atoms with Gasteiger partial charge in [-0.1, -0.05) is 41.4 Å². The number of halogens is 2. The zero-order valence-electron chi connectivity index (χ0n) is 12.5. The number of methoxy groups -OCH3 is 1. The molecule has 2 aromatic carbocycles. The molecule has 2 aromatic rings. The van der Waals surface area contributed by atoms with Crippen molar-refractivity contribution in [3.63, 3.8) is 0 Å². The van der Waals surface area contributed by atoms with Crippen LogP contribution in [-0.4, -0.2) is 18.8 Å². The van der Waals surface area contributed by atoms with Crippen LogP contribution in [0.3, 0.4) is 0 Å². The smallest absolute Gasteiger partial charge is 0.119 e. The third-order valence-corrected chi connectivity index (χ3v) is 4.28. The Morgan fingerprint density at radius 3 is 2.55 bits per heavy atom. The fraction of sp³-hybridized carbons (Fsp3) is 0.294. The second-order valence-corrected chi connectivity index (χ2v) is 5.91. The van der Waals surface area contributed by atoms with Gasteiger partial charge in [0.05, 0.1) is 23.3 Å². The fourth-order valence-corrected chi connectivity index (χ4v) is 2.46. The van der Waals surface area contributed by atoms with Crippen LogP contribution in [0.4, 0.5) is 0 Å². The van der Waals surface area contributed by atoms with E-state index in [0.717, 1.165) is 16.9 Å². The summed E-state index contributed by atoms with van der Waals surface area (Å²) in [6.07, 6.45) is -0.650. The fourth-order valence-electron chi connectivity index (χ4n) is 2.15. The lowest BCUT2D eigenvalue weighted by Gasteiger charge is -2.18. The summed E-state index contributed by atoms with van der Waals surface area (Å²) in [6.45, 7) is 2.45. The first-order valence-corrected chi connectivity index (χ1v) is 7.77. The summed E-state index contributed by atoms with van der Waals surface area (Å²) in [6, 6.07) is 13.1. The number of aliphatic hydroxyl groups is 1. The van der Waals surface area contributed by atoms with Crippen molar-refractivity contribution in [2.24, 2.45) is 0 Å². The van der Waals surface area contributed by atoms with Gasteiger partial charge in [-0.3, -0.25) is 0 Å². The van der Waals surface area contributed by atoms with Gasteiger partial charge in [-0.05, 0) is 42.3 Å². The van der Waals surface area contributed by atoms with Crippen molar-refractivity contribution in [1.29, 1.82) is 0 Å². The second kappa shape index (κ2) is 7.84. The van der Waals surface area contributed by atoms with E-state index < -0.39 is 6.10 Å². The second-order valence-electron chi connectivity index (χ2n) is 5.10. The van der Waals surface area contributed by atoms with Gasteiger partial charge in [0.2, 0.25) is 0 Å².